The maximum absolute atomic E-state index is 6.15. The van der Waals surface area contributed by atoms with Crippen LogP contribution in [0.2, 0.25) is 10.2 Å². The summed E-state index contributed by atoms with van der Waals surface area (Å²) in [6.07, 6.45) is 1.25. The molecule has 0 spiro atoms. The molecule has 1 aromatic rings. The van der Waals surface area contributed by atoms with Gasteiger partial charge in [0.2, 0.25) is 0 Å². The Morgan fingerprint density at radius 1 is 1.33 bits per heavy atom. The molecular formula is C14H20Cl2N2. The van der Waals surface area contributed by atoms with Crippen LogP contribution < -0.4 is 0 Å². The highest BCUT2D eigenvalue weighted by molar-refractivity contribution is 6.32. The molecule has 2 heterocycles. The standard InChI is InChI=1S/C14H20Cl2N2/c1-14(2,3)10-6-7-18(8-10)9-12-11(15)4-5-13(16)17-12/h4-5,10H,6-9H2,1-3H3. The zero-order valence-electron chi connectivity index (χ0n) is 11.2. The van der Waals surface area contributed by atoms with Gasteiger partial charge in [0, 0.05) is 13.1 Å². The van der Waals surface area contributed by atoms with Crippen LogP contribution in [0.4, 0.5) is 0 Å². The van der Waals surface area contributed by atoms with E-state index in [2.05, 4.69) is 30.7 Å². The van der Waals surface area contributed by atoms with Crippen LogP contribution in [0.25, 0.3) is 0 Å². The second kappa shape index (κ2) is 5.36. The van der Waals surface area contributed by atoms with Crippen molar-refractivity contribution in [1.29, 1.82) is 0 Å². The van der Waals surface area contributed by atoms with E-state index in [1.165, 1.54) is 6.42 Å². The van der Waals surface area contributed by atoms with Gasteiger partial charge in [-0.15, -0.1) is 0 Å². The van der Waals surface area contributed by atoms with Crippen molar-refractivity contribution in [3.8, 4) is 0 Å². The monoisotopic (exact) mass is 286 g/mol. The second-order valence-corrected chi connectivity index (χ2v) is 6.94. The molecule has 2 nitrogen and oxygen atoms in total. The fourth-order valence-corrected chi connectivity index (χ4v) is 2.79. The van der Waals surface area contributed by atoms with E-state index >= 15 is 0 Å². The topological polar surface area (TPSA) is 16.1 Å². The van der Waals surface area contributed by atoms with Crippen LogP contribution in [0.1, 0.15) is 32.9 Å². The summed E-state index contributed by atoms with van der Waals surface area (Å²) in [5, 5.41) is 1.22. The van der Waals surface area contributed by atoms with Gasteiger partial charge in [-0.05, 0) is 36.4 Å². The van der Waals surface area contributed by atoms with Gasteiger partial charge in [0.25, 0.3) is 0 Å². The van der Waals surface area contributed by atoms with Crippen molar-refractivity contribution in [3.05, 3.63) is 28.0 Å². The molecule has 0 N–H and O–H groups in total. The molecular weight excluding hydrogens is 267 g/mol. The summed E-state index contributed by atoms with van der Waals surface area (Å²) in [5.41, 5.74) is 1.26. The molecule has 100 valence electrons. The van der Waals surface area contributed by atoms with E-state index in [9.17, 15) is 0 Å². The molecule has 1 unspecified atom stereocenters. The first-order valence-corrected chi connectivity index (χ1v) is 7.15. The molecule has 2 rings (SSSR count). The van der Waals surface area contributed by atoms with Gasteiger partial charge in [0.05, 0.1) is 10.7 Å². The molecule has 0 amide bonds. The summed E-state index contributed by atoms with van der Waals surface area (Å²) < 4.78 is 0. The molecule has 1 atom stereocenters. The molecule has 1 fully saturated rings. The molecule has 0 aromatic carbocycles. The summed E-state index contributed by atoms with van der Waals surface area (Å²) in [5.74, 6) is 0.746. The lowest BCUT2D eigenvalue weighted by Crippen LogP contribution is -2.26. The molecule has 18 heavy (non-hydrogen) atoms. The predicted octanol–water partition coefficient (Wildman–Crippen LogP) is 4.26. The quantitative estimate of drug-likeness (QED) is 0.756. The number of aromatic nitrogens is 1. The van der Waals surface area contributed by atoms with E-state index in [-0.39, 0.29) is 0 Å². The Morgan fingerprint density at radius 3 is 2.67 bits per heavy atom. The largest absolute Gasteiger partial charge is 0.297 e. The van der Waals surface area contributed by atoms with Gasteiger partial charge in [-0.1, -0.05) is 44.0 Å². The number of nitrogens with zero attached hydrogens (tertiary/aromatic N) is 2. The highest BCUT2D eigenvalue weighted by Crippen LogP contribution is 2.34. The maximum atomic E-state index is 6.15. The molecule has 0 aliphatic carbocycles. The Hall–Kier alpha value is -0.310. The minimum Gasteiger partial charge on any atom is -0.297 e. The van der Waals surface area contributed by atoms with E-state index in [1.54, 1.807) is 6.07 Å². The Kier molecular flexibility index (Phi) is 4.20. The Morgan fingerprint density at radius 2 is 2.06 bits per heavy atom. The number of hydrogen-bond donors (Lipinski definition) is 0. The highest BCUT2D eigenvalue weighted by Gasteiger charge is 2.31. The number of rotatable bonds is 2. The fourth-order valence-electron chi connectivity index (χ4n) is 2.46. The lowest BCUT2D eigenvalue weighted by Gasteiger charge is -2.27. The summed E-state index contributed by atoms with van der Waals surface area (Å²) in [4.78, 5) is 6.73. The molecule has 0 bridgehead atoms. The third-order valence-electron chi connectivity index (χ3n) is 3.76. The fraction of sp³-hybridized carbons (Fsp3) is 0.643. The number of halogens is 2. The van der Waals surface area contributed by atoms with Gasteiger partial charge in [0.15, 0.2) is 0 Å². The van der Waals surface area contributed by atoms with Gasteiger partial charge < -0.3 is 0 Å². The Labute approximate surface area is 119 Å². The van der Waals surface area contributed by atoms with Crippen molar-refractivity contribution in [2.24, 2.45) is 11.3 Å². The predicted molar refractivity (Wildman–Crippen MR) is 77.1 cm³/mol. The van der Waals surface area contributed by atoms with Crippen LogP contribution in [0, 0.1) is 11.3 Å². The zero-order valence-corrected chi connectivity index (χ0v) is 12.7. The molecule has 1 aliphatic heterocycles. The maximum Gasteiger partial charge on any atom is 0.129 e. The summed E-state index contributed by atoms with van der Waals surface area (Å²) in [6.45, 7) is 9.97. The third-order valence-corrected chi connectivity index (χ3v) is 4.31. The molecule has 1 saturated heterocycles. The van der Waals surface area contributed by atoms with Crippen molar-refractivity contribution in [1.82, 2.24) is 9.88 Å². The number of pyridine rings is 1. The highest BCUT2D eigenvalue weighted by atomic mass is 35.5. The van der Waals surface area contributed by atoms with Gasteiger partial charge in [0.1, 0.15) is 5.15 Å². The lowest BCUT2D eigenvalue weighted by molar-refractivity contribution is 0.225. The molecule has 1 aliphatic rings. The third kappa shape index (κ3) is 3.37. The van der Waals surface area contributed by atoms with Crippen molar-refractivity contribution in [2.75, 3.05) is 13.1 Å². The average molecular weight is 287 g/mol. The minimum atomic E-state index is 0.375. The lowest BCUT2D eigenvalue weighted by atomic mass is 9.80. The van der Waals surface area contributed by atoms with E-state index in [4.69, 9.17) is 23.2 Å². The van der Waals surface area contributed by atoms with E-state index in [0.29, 0.717) is 15.6 Å². The number of hydrogen-bond acceptors (Lipinski definition) is 2. The summed E-state index contributed by atoms with van der Waals surface area (Å²) in [7, 11) is 0. The van der Waals surface area contributed by atoms with Crippen molar-refractivity contribution >= 4 is 23.2 Å². The molecule has 4 heteroatoms. The van der Waals surface area contributed by atoms with Crippen LogP contribution in [0.3, 0.4) is 0 Å². The smallest absolute Gasteiger partial charge is 0.129 e. The van der Waals surface area contributed by atoms with Gasteiger partial charge in [-0.3, -0.25) is 4.90 Å². The second-order valence-electron chi connectivity index (χ2n) is 6.15. The van der Waals surface area contributed by atoms with Gasteiger partial charge in [-0.25, -0.2) is 4.98 Å². The average Bonchev–Trinajstić information content (AvgIpc) is 2.71. The molecule has 0 radical (unpaired) electrons. The Balaban J connectivity index is 2.01. The van der Waals surface area contributed by atoms with E-state index < -0.39 is 0 Å². The van der Waals surface area contributed by atoms with Crippen molar-refractivity contribution in [3.63, 3.8) is 0 Å². The summed E-state index contributed by atoms with van der Waals surface area (Å²) >= 11 is 12.1. The SMILES string of the molecule is CC(C)(C)C1CCN(Cc2nc(Cl)ccc2Cl)C1. The van der Waals surface area contributed by atoms with E-state index in [1.807, 2.05) is 6.07 Å². The van der Waals surface area contributed by atoms with Gasteiger partial charge >= 0.3 is 0 Å². The molecule has 0 saturated carbocycles. The summed E-state index contributed by atoms with van der Waals surface area (Å²) in [6, 6.07) is 3.55. The first kappa shape index (κ1) is 14.1. The van der Waals surface area contributed by atoms with Crippen molar-refractivity contribution < 1.29 is 0 Å². The molecule has 1 aromatic heterocycles. The van der Waals surface area contributed by atoms with Crippen LogP contribution >= 0.6 is 23.2 Å². The Bertz CT molecular complexity index is 426. The van der Waals surface area contributed by atoms with E-state index in [0.717, 1.165) is 31.2 Å². The zero-order chi connectivity index (χ0) is 13.3. The first-order chi connectivity index (χ1) is 8.36. The van der Waals surface area contributed by atoms with Crippen molar-refractivity contribution in [2.45, 2.75) is 33.7 Å². The van der Waals surface area contributed by atoms with Crippen LogP contribution in [-0.2, 0) is 6.54 Å². The van der Waals surface area contributed by atoms with Gasteiger partial charge in [-0.2, -0.15) is 0 Å². The normalized spacial score (nSPS) is 21.5. The van der Waals surface area contributed by atoms with Crippen LogP contribution in [0.5, 0.6) is 0 Å². The van der Waals surface area contributed by atoms with Crippen LogP contribution in [-0.4, -0.2) is 23.0 Å². The van der Waals surface area contributed by atoms with Crippen LogP contribution in [0.15, 0.2) is 12.1 Å². The minimum absolute atomic E-state index is 0.375. The number of likely N-dealkylation sites (tertiary alicyclic amines) is 1. The first-order valence-electron chi connectivity index (χ1n) is 6.39.